The number of alkyl halides is 3. The zero-order valence-corrected chi connectivity index (χ0v) is 18.2. The molecule has 32 heavy (non-hydrogen) atoms. The number of halogens is 3. The number of nitrogens with one attached hydrogen (secondary N) is 3. The van der Waals surface area contributed by atoms with Crippen LogP contribution in [0, 0.1) is 0 Å². The van der Waals surface area contributed by atoms with Gasteiger partial charge in [0.25, 0.3) is 0 Å². The summed E-state index contributed by atoms with van der Waals surface area (Å²) in [6.45, 7) is 0.00513. The minimum Gasteiger partial charge on any atom is -0.358 e. The first kappa shape index (κ1) is 23.6. The number of anilines is 1. The van der Waals surface area contributed by atoms with Gasteiger partial charge < -0.3 is 10.6 Å². The summed E-state index contributed by atoms with van der Waals surface area (Å²) >= 11 is 5.22. The lowest BCUT2D eigenvalue weighted by Crippen LogP contribution is -2.28. The molecule has 0 unspecified atom stereocenters. The topological polar surface area (TPSA) is 83.1 Å². The van der Waals surface area contributed by atoms with Gasteiger partial charge in [-0.2, -0.15) is 13.2 Å². The molecule has 3 N–H and O–H groups in total. The van der Waals surface area contributed by atoms with Gasteiger partial charge in [0.05, 0.1) is 10.5 Å². The van der Waals surface area contributed by atoms with Gasteiger partial charge in [0.15, 0.2) is 5.11 Å². The van der Waals surface area contributed by atoms with Crippen molar-refractivity contribution >= 4 is 33.0 Å². The van der Waals surface area contributed by atoms with Crippen molar-refractivity contribution < 1.29 is 21.6 Å². The number of benzene rings is 2. The van der Waals surface area contributed by atoms with Crippen molar-refractivity contribution in [2.24, 2.45) is 0 Å². The van der Waals surface area contributed by atoms with Crippen LogP contribution in [0.25, 0.3) is 0 Å². The van der Waals surface area contributed by atoms with Gasteiger partial charge in [-0.05, 0) is 65.8 Å². The van der Waals surface area contributed by atoms with Crippen LogP contribution in [0.3, 0.4) is 0 Å². The number of hydrogen-bond donors (Lipinski definition) is 3. The van der Waals surface area contributed by atoms with E-state index in [9.17, 15) is 21.6 Å². The third-order valence-corrected chi connectivity index (χ3v) is 6.06. The molecule has 2 aromatic carbocycles. The first-order valence-corrected chi connectivity index (χ1v) is 11.2. The molecular weight excluding hydrogens is 461 g/mol. The standard InChI is InChI=1S/C21H19F3N4O2S2/c22-21(23,24)19-4-2-1-3-16(19)14-27-32(29,30)18-7-5-17(6-8-18)28-20(31)26-13-15-9-11-25-12-10-15/h1-12,27H,13-14H2,(H2,26,28,31). The van der Waals surface area contributed by atoms with Crippen LogP contribution < -0.4 is 15.4 Å². The van der Waals surface area contributed by atoms with Gasteiger partial charge in [0.2, 0.25) is 10.0 Å². The van der Waals surface area contributed by atoms with Crippen LogP contribution in [-0.4, -0.2) is 18.5 Å². The van der Waals surface area contributed by atoms with Crippen LogP contribution in [0.5, 0.6) is 0 Å². The molecule has 0 radical (unpaired) electrons. The highest BCUT2D eigenvalue weighted by atomic mass is 32.2. The fourth-order valence-electron chi connectivity index (χ4n) is 2.78. The summed E-state index contributed by atoms with van der Waals surface area (Å²) in [6, 6.07) is 14.2. The maximum Gasteiger partial charge on any atom is 0.416 e. The van der Waals surface area contributed by atoms with Gasteiger partial charge >= 0.3 is 6.18 Å². The predicted molar refractivity (Wildman–Crippen MR) is 119 cm³/mol. The summed E-state index contributed by atoms with van der Waals surface area (Å²) in [4.78, 5) is 3.85. The summed E-state index contributed by atoms with van der Waals surface area (Å²) in [5.74, 6) is 0. The van der Waals surface area contributed by atoms with Gasteiger partial charge in [-0.15, -0.1) is 0 Å². The number of hydrogen-bond acceptors (Lipinski definition) is 4. The number of aromatic nitrogens is 1. The summed E-state index contributed by atoms with van der Waals surface area (Å²) in [5, 5.41) is 6.30. The summed E-state index contributed by atoms with van der Waals surface area (Å²) < 4.78 is 66.5. The Labute approximate surface area is 188 Å². The number of pyridine rings is 1. The number of sulfonamides is 1. The van der Waals surface area contributed by atoms with Gasteiger partial charge in [-0.3, -0.25) is 4.98 Å². The van der Waals surface area contributed by atoms with E-state index in [0.29, 0.717) is 17.3 Å². The van der Waals surface area contributed by atoms with E-state index in [1.165, 1.54) is 42.5 Å². The van der Waals surface area contributed by atoms with Crippen molar-refractivity contribution in [1.29, 1.82) is 0 Å². The minimum absolute atomic E-state index is 0.0804. The normalized spacial score (nSPS) is 11.7. The van der Waals surface area contributed by atoms with E-state index in [4.69, 9.17) is 12.2 Å². The number of rotatable bonds is 7. The highest BCUT2D eigenvalue weighted by Crippen LogP contribution is 2.31. The first-order valence-electron chi connectivity index (χ1n) is 9.34. The van der Waals surface area contributed by atoms with Crippen LogP contribution >= 0.6 is 12.2 Å². The average Bonchev–Trinajstić information content (AvgIpc) is 2.77. The second kappa shape index (κ2) is 10.1. The molecule has 0 aliphatic carbocycles. The lowest BCUT2D eigenvalue weighted by molar-refractivity contribution is -0.138. The second-order valence-electron chi connectivity index (χ2n) is 6.67. The van der Waals surface area contributed by atoms with Crippen molar-refractivity contribution in [2.75, 3.05) is 5.32 Å². The second-order valence-corrected chi connectivity index (χ2v) is 8.84. The molecule has 11 heteroatoms. The molecule has 0 aliphatic heterocycles. The zero-order chi connectivity index (χ0) is 23.2. The molecule has 0 spiro atoms. The Morgan fingerprint density at radius 3 is 2.25 bits per heavy atom. The third-order valence-electron chi connectivity index (χ3n) is 4.40. The van der Waals surface area contributed by atoms with Crippen LogP contribution in [0.15, 0.2) is 78.0 Å². The van der Waals surface area contributed by atoms with E-state index in [1.54, 1.807) is 12.4 Å². The molecule has 0 fully saturated rings. The average molecular weight is 481 g/mol. The Morgan fingerprint density at radius 1 is 0.938 bits per heavy atom. The van der Waals surface area contributed by atoms with Crippen molar-refractivity contribution in [2.45, 2.75) is 24.2 Å². The summed E-state index contributed by atoms with van der Waals surface area (Å²) in [7, 11) is -4.01. The molecule has 168 valence electrons. The molecular formula is C21H19F3N4O2S2. The highest BCUT2D eigenvalue weighted by molar-refractivity contribution is 7.89. The first-order chi connectivity index (χ1) is 15.1. The van der Waals surface area contributed by atoms with Crippen molar-refractivity contribution in [1.82, 2.24) is 15.0 Å². The molecule has 3 aromatic rings. The highest BCUT2D eigenvalue weighted by Gasteiger charge is 2.33. The molecule has 0 aliphatic rings. The molecule has 0 saturated carbocycles. The van der Waals surface area contributed by atoms with Gasteiger partial charge in [0.1, 0.15) is 0 Å². The maximum absolute atomic E-state index is 13.1. The lowest BCUT2D eigenvalue weighted by atomic mass is 10.1. The predicted octanol–water partition coefficient (Wildman–Crippen LogP) is 4.07. The SMILES string of the molecule is O=S(=O)(NCc1ccccc1C(F)(F)F)c1ccc(NC(=S)NCc2ccncc2)cc1. The molecule has 0 saturated heterocycles. The minimum atomic E-state index is -4.57. The van der Waals surface area contributed by atoms with Gasteiger partial charge in [-0.25, -0.2) is 13.1 Å². The Balaban J connectivity index is 1.59. The molecule has 6 nitrogen and oxygen atoms in total. The van der Waals surface area contributed by atoms with Crippen LogP contribution in [-0.2, 0) is 29.3 Å². The van der Waals surface area contributed by atoms with E-state index in [-0.39, 0.29) is 10.5 Å². The molecule has 3 rings (SSSR count). The fourth-order valence-corrected chi connectivity index (χ4v) is 3.98. The van der Waals surface area contributed by atoms with Gasteiger partial charge in [0, 0.05) is 31.2 Å². The van der Waals surface area contributed by atoms with E-state index >= 15 is 0 Å². The molecule has 1 aromatic heterocycles. The van der Waals surface area contributed by atoms with Crippen molar-refractivity contribution in [3.05, 3.63) is 89.7 Å². The Hall–Kier alpha value is -3.02. The number of nitrogens with zero attached hydrogens (tertiary/aromatic N) is 1. The Bertz CT molecular complexity index is 1170. The summed E-state index contributed by atoms with van der Waals surface area (Å²) in [5.41, 5.74) is 0.505. The van der Waals surface area contributed by atoms with Crippen molar-refractivity contribution in [3.63, 3.8) is 0 Å². The fraction of sp³-hybridized carbons (Fsp3) is 0.143. The zero-order valence-electron chi connectivity index (χ0n) is 16.6. The van der Waals surface area contributed by atoms with Crippen LogP contribution in [0.4, 0.5) is 18.9 Å². The van der Waals surface area contributed by atoms with E-state index in [2.05, 4.69) is 20.3 Å². The van der Waals surface area contributed by atoms with Crippen LogP contribution in [0.1, 0.15) is 16.7 Å². The summed E-state index contributed by atoms with van der Waals surface area (Å²) in [6.07, 6.45) is -1.23. The molecule has 0 atom stereocenters. The number of thiocarbonyl (C=S) groups is 1. The largest absolute Gasteiger partial charge is 0.416 e. The molecule has 0 amide bonds. The van der Waals surface area contributed by atoms with E-state index < -0.39 is 28.3 Å². The Morgan fingerprint density at radius 2 is 1.59 bits per heavy atom. The van der Waals surface area contributed by atoms with Crippen LogP contribution in [0.2, 0.25) is 0 Å². The van der Waals surface area contributed by atoms with E-state index in [0.717, 1.165) is 11.6 Å². The smallest absolute Gasteiger partial charge is 0.358 e. The van der Waals surface area contributed by atoms with Crippen molar-refractivity contribution in [3.8, 4) is 0 Å². The van der Waals surface area contributed by atoms with E-state index in [1.807, 2.05) is 12.1 Å². The Kier molecular flexibility index (Phi) is 7.44. The quantitative estimate of drug-likeness (QED) is 0.443. The lowest BCUT2D eigenvalue weighted by Gasteiger charge is -2.14. The molecule has 1 heterocycles. The molecule has 0 bridgehead atoms. The third kappa shape index (κ3) is 6.49. The maximum atomic E-state index is 13.1. The monoisotopic (exact) mass is 480 g/mol. The van der Waals surface area contributed by atoms with Gasteiger partial charge in [-0.1, -0.05) is 18.2 Å².